The van der Waals surface area contributed by atoms with Crippen LogP contribution in [0.15, 0.2) is 42.5 Å². The maximum absolute atomic E-state index is 12.8. The molecular weight excluding hydrogens is 405 g/mol. The molecule has 0 spiro atoms. The number of imide groups is 1. The number of rotatable bonds is 5. The summed E-state index contributed by atoms with van der Waals surface area (Å²) in [6, 6.07) is 10.6. The molecule has 0 radical (unpaired) electrons. The number of hydrogen-bond acceptors (Lipinski definition) is 4. The molecule has 28 heavy (non-hydrogen) atoms. The maximum atomic E-state index is 12.8. The average molecular weight is 422 g/mol. The Morgan fingerprint density at radius 3 is 2.46 bits per heavy atom. The molecule has 2 aromatic carbocycles. The molecule has 1 atom stereocenters. The second kappa shape index (κ2) is 7.69. The molecule has 1 aliphatic heterocycles. The van der Waals surface area contributed by atoms with Gasteiger partial charge >= 0.3 is 6.03 Å². The van der Waals surface area contributed by atoms with Crippen molar-refractivity contribution in [3.05, 3.63) is 58.1 Å². The standard InChI is InChI=1S/C19H17Cl2N3O4/c1-19(11-3-5-12(20)6-4-11)17(26)24(18(27)23-19)10-16(25)22-13-7-8-15(28-2)14(21)9-13/h3-9H,10H2,1-2H3,(H,22,25)(H,23,27)/t19-/m1/s1. The van der Waals surface area contributed by atoms with E-state index in [0.29, 0.717) is 27.0 Å². The normalized spacial score (nSPS) is 18.8. The predicted molar refractivity (Wildman–Crippen MR) is 106 cm³/mol. The van der Waals surface area contributed by atoms with Gasteiger partial charge in [-0.05, 0) is 42.8 Å². The fraction of sp³-hybridized carbons (Fsp3) is 0.211. The number of carbonyl (C=O) groups excluding carboxylic acids is 3. The highest BCUT2D eigenvalue weighted by molar-refractivity contribution is 6.32. The second-order valence-electron chi connectivity index (χ2n) is 6.35. The second-order valence-corrected chi connectivity index (χ2v) is 7.19. The van der Waals surface area contributed by atoms with Crippen LogP contribution < -0.4 is 15.4 Å². The molecule has 0 aliphatic carbocycles. The molecule has 4 amide bonds. The number of benzene rings is 2. The Bertz CT molecular complexity index is 949. The number of amides is 4. The summed E-state index contributed by atoms with van der Waals surface area (Å²) >= 11 is 11.9. The quantitative estimate of drug-likeness (QED) is 0.723. The number of hydrogen-bond donors (Lipinski definition) is 2. The van der Waals surface area contributed by atoms with Crippen LogP contribution >= 0.6 is 23.2 Å². The highest BCUT2D eigenvalue weighted by Gasteiger charge is 2.49. The third-order valence-corrected chi connectivity index (χ3v) is 4.98. The van der Waals surface area contributed by atoms with Crippen molar-refractivity contribution >= 4 is 46.7 Å². The van der Waals surface area contributed by atoms with Gasteiger partial charge in [0.05, 0.1) is 12.1 Å². The molecule has 146 valence electrons. The minimum absolute atomic E-state index is 0.325. The Balaban J connectivity index is 1.72. The third-order valence-electron chi connectivity index (χ3n) is 4.43. The first-order chi connectivity index (χ1) is 13.2. The van der Waals surface area contributed by atoms with Crippen molar-refractivity contribution in [2.24, 2.45) is 0 Å². The zero-order chi connectivity index (χ0) is 20.5. The average Bonchev–Trinajstić information content (AvgIpc) is 2.86. The van der Waals surface area contributed by atoms with Crippen LogP contribution in [0, 0.1) is 0 Å². The summed E-state index contributed by atoms with van der Waals surface area (Å²) in [5, 5.41) is 6.08. The Hall–Kier alpha value is -2.77. The number of halogens is 2. The van der Waals surface area contributed by atoms with Gasteiger partial charge in [-0.1, -0.05) is 35.3 Å². The van der Waals surface area contributed by atoms with E-state index >= 15 is 0 Å². The summed E-state index contributed by atoms with van der Waals surface area (Å²) in [6.07, 6.45) is 0. The first kappa shape index (κ1) is 20.0. The van der Waals surface area contributed by atoms with Gasteiger partial charge in [-0.2, -0.15) is 0 Å². The molecule has 1 heterocycles. The van der Waals surface area contributed by atoms with Crippen molar-refractivity contribution in [2.45, 2.75) is 12.5 Å². The van der Waals surface area contributed by atoms with Gasteiger partial charge in [0.2, 0.25) is 5.91 Å². The first-order valence-electron chi connectivity index (χ1n) is 8.28. The minimum atomic E-state index is -1.27. The van der Waals surface area contributed by atoms with E-state index in [2.05, 4.69) is 10.6 Å². The van der Waals surface area contributed by atoms with Gasteiger partial charge in [0.25, 0.3) is 5.91 Å². The van der Waals surface area contributed by atoms with Crippen molar-refractivity contribution in [3.63, 3.8) is 0 Å². The topological polar surface area (TPSA) is 87.7 Å². The largest absolute Gasteiger partial charge is 0.495 e. The number of ether oxygens (including phenoxy) is 1. The van der Waals surface area contributed by atoms with Crippen LogP contribution in [-0.4, -0.2) is 36.4 Å². The van der Waals surface area contributed by atoms with E-state index in [1.165, 1.54) is 13.2 Å². The van der Waals surface area contributed by atoms with Gasteiger partial charge in [0.1, 0.15) is 17.8 Å². The molecule has 9 heteroatoms. The predicted octanol–water partition coefficient (Wildman–Crippen LogP) is 3.41. The SMILES string of the molecule is COc1ccc(NC(=O)CN2C(=O)N[C@](C)(c3ccc(Cl)cc3)C2=O)cc1Cl. The van der Waals surface area contributed by atoms with Gasteiger partial charge in [-0.3, -0.25) is 14.5 Å². The molecule has 3 rings (SSSR count). The Labute approximate surface area is 171 Å². The number of urea groups is 1. The highest BCUT2D eigenvalue weighted by Crippen LogP contribution is 2.30. The molecule has 0 saturated carbocycles. The van der Waals surface area contributed by atoms with E-state index in [1.807, 2.05) is 0 Å². The number of anilines is 1. The van der Waals surface area contributed by atoms with E-state index in [4.69, 9.17) is 27.9 Å². The van der Waals surface area contributed by atoms with Crippen LogP contribution in [0.4, 0.5) is 10.5 Å². The van der Waals surface area contributed by atoms with Gasteiger partial charge in [-0.15, -0.1) is 0 Å². The van der Waals surface area contributed by atoms with E-state index in [0.717, 1.165) is 4.90 Å². The summed E-state index contributed by atoms with van der Waals surface area (Å²) in [6.45, 7) is 1.15. The van der Waals surface area contributed by atoms with Crippen molar-refractivity contribution in [1.82, 2.24) is 10.2 Å². The number of carbonyl (C=O) groups is 3. The molecule has 1 saturated heterocycles. The van der Waals surface area contributed by atoms with Crippen LogP contribution in [0.2, 0.25) is 10.0 Å². The lowest BCUT2D eigenvalue weighted by atomic mass is 9.92. The highest BCUT2D eigenvalue weighted by atomic mass is 35.5. The summed E-state index contributed by atoms with van der Waals surface area (Å²) in [4.78, 5) is 38.4. The molecule has 7 nitrogen and oxygen atoms in total. The van der Waals surface area contributed by atoms with E-state index in [9.17, 15) is 14.4 Å². The lowest BCUT2D eigenvalue weighted by Gasteiger charge is -2.22. The number of methoxy groups -OCH3 is 1. The first-order valence-corrected chi connectivity index (χ1v) is 9.04. The maximum Gasteiger partial charge on any atom is 0.325 e. The van der Waals surface area contributed by atoms with Gasteiger partial charge in [0.15, 0.2) is 0 Å². The van der Waals surface area contributed by atoms with E-state index in [1.54, 1.807) is 43.3 Å². The minimum Gasteiger partial charge on any atom is -0.495 e. The van der Waals surface area contributed by atoms with Crippen LogP contribution in [0.5, 0.6) is 5.75 Å². The van der Waals surface area contributed by atoms with Crippen LogP contribution in [0.3, 0.4) is 0 Å². The summed E-state index contributed by atoms with van der Waals surface area (Å²) in [5.41, 5.74) is -0.283. The Morgan fingerprint density at radius 1 is 1.18 bits per heavy atom. The van der Waals surface area contributed by atoms with Gasteiger partial charge < -0.3 is 15.4 Å². The van der Waals surface area contributed by atoms with E-state index in [-0.39, 0.29) is 0 Å². The lowest BCUT2D eigenvalue weighted by Crippen LogP contribution is -2.42. The number of nitrogens with one attached hydrogen (secondary N) is 2. The molecule has 0 unspecified atom stereocenters. The lowest BCUT2D eigenvalue weighted by molar-refractivity contribution is -0.133. The summed E-state index contributed by atoms with van der Waals surface area (Å²) < 4.78 is 5.05. The smallest absolute Gasteiger partial charge is 0.325 e. The van der Waals surface area contributed by atoms with Crippen LogP contribution in [0.25, 0.3) is 0 Å². The molecule has 1 aliphatic rings. The molecule has 2 N–H and O–H groups in total. The molecule has 2 aromatic rings. The summed E-state index contributed by atoms with van der Waals surface area (Å²) in [5.74, 6) is -0.597. The zero-order valence-corrected chi connectivity index (χ0v) is 16.6. The molecule has 0 aromatic heterocycles. The van der Waals surface area contributed by atoms with Crippen LogP contribution in [-0.2, 0) is 15.1 Å². The molecule has 1 fully saturated rings. The fourth-order valence-electron chi connectivity index (χ4n) is 2.91. The van der Waals surface area contributed by atoms with Crippen molar-refractivity contribution < 1.29 is 19.1 Å². The van der Waals surface area contributed by atoms with Crippen molar-refractivity contribution in [1.29, 1.82) is 0 Å². The molecular formula is C19H17Cl2N3O4. The third kappa shape index (κ3) is 3.76. The Kier molecular flexibility index (Phi) is 5.49. The molecule has 0 bridgehead atoms. The van der Waals surface area contributed by atoms with E-state index < -0.39 is 29.9 Å². The Morgan fingerprint density at radius 2 is 1.86 bits per heavy atom. The summed E-state index contributed by atoms with van der Waals surface area (Å²) in [7, 11) is 1.48. The zero-order valence-electron chi connectivity index (χ0n) is 15.1. The van der Waals surface area contributed by atoms with Crippen LogP contribution in [0.1, 0.15) is 12.5 Å². The van der Waals surface area contributed by atoms with Gasteiger partial charge in [0, 0.05) is 10.7 Å². The van der Waals surface area contributed by atoms with Crippen molar-refractivity contribution in [3.8, 4) is 5.75 Å². The fourth-order valence-corrected chi connectivity index (χ4v) is 3.29. The number of nitrogens with zero attached hydrogens (tertiary/aromatic N) is 1. The monoisotopic (exact) mass is 421 g/mol. The van der Waals surface area contributed by atoms with Gasteiger partial charge in [-0.25, -0.2) is 4.79 Å². The van der Waals surface area contributed by atoms with Crippen molar-refractivity contribution in [2.75, 3.05) is 19.0 Å².